The molecular weight excluding hydrogens is 310 g/mol. The third-order valence-corrected chi connectivity index (χ3v) is 4.36. The first kappa shape index (κ1) is 15.1. The molecule has 0 atom stereocenters. The number of aromatic nitrogens is 3. The molecule has 0 radical (unpaired) electrons. The van der Waals surface area contributed by atoms with Crippen LogP contribution in [0.4, 0.5) is 10.9 Å². The van der Waals surface area contributed by atoms with Gasteiger partial charge in [0.25, 0.3) is 5.91 Å². The van der Waals surface area contributed by atoms with Crippen molar-refractivity contribution in [2.24, 2.45) is 5.73 Å². The number of nitrogens with zero attached hydrogens (tertiary/aromatic N) is 3. The lowest BCUT2D eigenvalue weighted by atomic mass is 9.99. The Labute approximate surface area is 137 Å². The molecule has 2 heterocycles. The summed E-state index contributed by atoms with van der Waals surface area (Å²) in [6.45, 7) is 3.98. The van der Waals surface area contributed by atoms with Crippen molar-refractivity contribution < 1.29 is 4.79 Å². The second kappa shape index (κ2) is 6.13. The Hall–Kier alpha value is -2.80. The van der Waals surface area contributed by atoms with Gasteiger partial charge in [-0.3, -0.25) is 4.79 Å². The molecule has 3 N–H and O–H groups in total. The van der Waals surface area contributed by atoms with Crippen LogP contribution in [0.25, 0.3) is 11.3 Å². The summed E-state index contributed by atoms with van der Waals surface area (Å²) in [5.41, 5.74) is 9.16. The van der Waals surface area contributed by atoms with Crippen molar-refractivity contribution >= 4 is 28.2 Å². The minimum Gasteiger partial charge on any atom is -0.365 e. The van der Waals surface area contributed by atoms with Crippen LogP contribution in [-0.4, -0.2) is 21.1 Å². The highest BCUT2D eigenvalue weighted by atomic mass is 32.1. The highest BCUT2D eigenvalue weighted by Crippen LogP contribution is 2.35. The zero-order valence-electron chi connectivity index (χ0n) is 12.7. The maximum Gasteiger partial charge on any atom is 0.261 e. The molecule has 1 aromatic carbocycles. The first-order chi connectivity index (χ1) is 11.1. The van der Waals surface area contributed by atoms with Crippen LogP contribution in [0.2, 0.25) is 0 Å². The monoisotopic (exact) mass is 325 g/mol. The molecule has 116 valence electrons. The summed E-state index contributed by atoms with van der Waals surface area (Å²) in [5.74, 6) is 0.0673. The van der Waals surface area contributed by atoms with E-state index in [1.54, 1.807) is 18.3 Å². The molecule has 0 aliphatic heterocycles. The van der Waals surface area contributed by atoms with Crippen LogP contribution in [0.15, 0.2) is 36.5 Å². The first-order valence-electron chi connectivity index (χ1n) is 6.98. The Bertz CT molecular complexity index is 840. The van der Waals surface area contributed by atoms with Crippen molar-refractivity contribution in [3.8, 4) is 11.3 Å². The summed E-state index contributed by atoms with van der Waals surface area (Å²) >= 11 is 1.21. The minimum atomic E-state index is -0.493. The maximum atomic E-state index is 11.8. The number of rotatable bonds is 4. The Morgan fingerprint density at radius 2 is 1.91 bits per heavy atom. The van der Waals surface area contributed by atoms with Crippen LogP contribution in [0.5, 0.6) is 0 Å². The predicted octanol–water partition coefficient (Wildman–Crippen LogP) is 3.06. The normalized spacial score (nSPS) is 10.5. The summed E-state index contributed by atoms with van der Waals surface area (Å²) in [6.07, 6.45) is 1.59. The number of primary amides is 1. The van der Waals surface area contributed by atoms with Crippen molar-refractivity contribution in [1.82, 2.24) is 15.2 Å². The van der Waals surface area contributed by atoms with Crippen LogP contribution in [0.1, 0.15) is 20.8 Å². The van der Waals surface area contributed by atoms with Gasteiger partial charge in [0.15, 0.2) is 10.9 Å². The number of nitrogens with one attached hydrogen (secondary N) is 1. The van der Waals surface area contributed by atoms with Crippen LogP contribution in [0.3, 0.4) is 0 Å². The van der Waals surface area contributed by atoms with E-state index in [2.05, 4.69) is 20.5 Å². The standard InChI is InChI=1S/C16H15N5OS/c1-9-5-3-6-10(2)12(9)13-14(15(17)22)23-16(20-13)19-11-7-4-8-18-21-11/h3-8H,1-2H3,(H2,17,22)(H,19,20,21). The molecule has 3 aromatic rings. The van der Waals surface area contributed by atoms with Gasteiger partial charge in [0.2, 0.25) is 0 Å². The summed E-state index contributed by atoms with van der Waals surface area (Å²) in [6, 6.07) is 9.50. The third-order valence-electron chi connectivity index (χ3n) is 3.38. The molecule has 7 heteroatoms. The highest BCUT2D eigenvalue weighted by Gasteiger charge is 2.20. The average molecular weight is 325 g/mol. The van der Waals surface area contributed by atoms with Crippen LogP contribution >= 0.6 is 11.3 Å². The van der Waals surface area contributed by atoms with E-state index >= 15 is 0 Å². The van der Waals surface area contributed by atoms with Crippen molar-refractivity contribution in [2.45, 2.75) is 13.8 Å². The number of hydrogen-bond donors (Lipinski definition) is 2. The third kappa shape index (κ3) is 3.04. The lowest BCUT2D eigenvalue weighted by Crippen LogP contribution is -2.10. The molecule has 2 aromatic heterocycles. The number of benzene rings is 1. The smallest absolute Gasteiger partial charge is 0.261 e. The number of thiazole rings is 1. The summed E-state index contributed by atoms with van der Waals surface area (Å²) in [4.78, 5) is 16.8. The molecule has 0 bridgehead atoms. The molecule has 3 rings (SSSR count). The van der Waals surface area contributed by atoms with Crippen molar-refractivity contribution in [3.05, 3.63) is 52.5 Å². The van der Waals surface area contributed by atoms with E-state index in [-0.39, 0.29) is 0 Å². The van der Waals surface area contributed by atoms with Gasteiger partial charge in [-0.1, -0.05) is 29.5 Å². The quantitative estimate of drug-likeness (QED) is 0.769. The van der Waals surface area contributed by atoms with Crippen LogP contribution in [0, 0.1) is 13.8 Å². The van der Waals surface area contributed by atoms with Gasteiger partial charge < -0.3 is 11.1 Å². The maximum absolute atomic E-state index is 11.8. The minimum absolute atomic E-state index is 0.425. The summed E-state index contributed by atoms with van der Waals surface area (Å²) < 4.78 is 0. The van der Waals surface area contributed by atoms with Gasteiger partial charge in [-0.05, 0) is 37.1 Å². The molecule has 0 spiro atoms. The van der Waals surface area contributed by atoms with E-state index in [4.69, 9.17) is 5.73 Å². The number of hydrogen-bond acceptors (Lipinski definition) is 6. The Morgan fingerprint density at radius 3 is 2.52 bits per heavy atom. The Morgan fingerprint density at radius 1 is 1.17 bits per heavy atom. The number of anilines is 2. The van der Waals surface area contributed by atoms with E-state index in [0.717, 1.165) is 16.7 Å². The average Bonchev–Trinajstić information content (AvgIpc) is 2.92. The molecule has 0 saturated carbocycles. The van der Waals surface area contributed by atoms with E-state index in [1.165, 1.54) is 11.3 Å². The van der Waals surface area contributed by atoms with Crippen molar-refractivity contribution in [1.29, 1.82) is 0 Å². The van der Waals surface area contributed by atoms with Gasteiger partial charge >= 0.3 is 0 Å². The molecule has 23 heavy (non-hydrogen) atoms. The molecule has 0 saturated heterocycles. The zero-order valence-corrected chi connectivity index (χ0v) is 13.5. The molecular formula is C16H15N5OS. The van der Waals surface area contributed by atoms with Crippen molar-refractivity contribution in [2.75, 3.05) is 5.32 Å². The van der Waals surface area contributed by atoms with Crippen LogP contribution in [-0.2, 0) is 0 Å². The zero-order chi connectivity index (χ0) is 16.4. The number of nitrogens with two attached hydrogens (primary N) is 1. The fourth-order valence-corrected chi connectivity index (χ4v) is 3.21. The molecule has 0 unspecified atom stereocenters. The highest BCUT2D eigenvalue weighted by molar-refractivity contribution is 7.18. The molecule has 6 nitrogen and oxygen atoms in total. The van der Waals surface area contributed by atoms with E-state index in [0.29, 0.717) is 21.5 Å². The number of amides is 1. The second-order valence-electron chi connectivity index (χ2n) is 5.06. The number of aryl methyl sites for hydroxylation is 2. The second-order valence-corrected chi connectivity index (χ2v) is 6.06. The molecule has 0 aliphatic carbocycles. The number of carbonyl (C=O) groups is 1. The van der Waals surface area contributed by atoms with E-state index in [9.17, 15) is 4.79 Å². The number of carbonyl (C=O) groups excluding carboxylic acids is 1. The van der Waals surface area contributed by atoms with Gasteiger partial charge in [0.05, 0.1) is 5.69 Å². The lowest BCUT2D eigenvalue weighted by molar-refractivity contribution is 0.100. The predicted molar refractivity (Wildman–Crippen MR) is 90.9 cm³/mol. The Kier molecular flexibility index (Phi) is 4.03. The van der Waals surface area contributed by atoms with E-state index in [1.807, 2.05) is 32.0 Å². The fraction of sp³-hybridized carbons (Fsp3) is 0.125. The van der Waals surface area contributed by atoms with E-state index < -0.39 is 5.91 Å². The first-order valence-corrected chi connectivity index (χ1v) is 7.80. The van der Waals surface area contributed by atoms with Gasteiger partial charge in [-0.2, -0.15) is 5.10 Å². The van der Waals surface area contributed by atoms with Gasteiger partial charge in [-0.15, -0.1) is 5.10 Å². The topological polar surface area (TPSA) is 93.8 Å². The molecule has 0 aliphatic rings. The summed E-state index contributed by atoms with van der Waals surface area (Å²) in [7, 11) is 0. The van der Waals surface area contributed by atoms with Gasteiger partial charge in [0.1, 0.15) is 4.88 Å². The van der Waals surface area contributed by atoms with Crippen LogP contribution < -0.4 is 11.1 Å². The largest absolute Gasteiger partial charge is 0.365 e. The van der Waals surface area contributed by atoms with Crippen molar-refractivity contribution in [3.63, 3.8) is 0 Å². The van der Waals surface area contributed by atoms with Gasteiger partial charge in [-0.25, -0.2) is 4.98 Å². The summed E-state index contributed by atoms with van der Waals surface area (Å²) in [5, 5.41) is 11.4. The SMILES string of the molecule is Cc1cccc(C)c1-c1nc(Nc2cccnn2)sc1C(N)=O. The van der Waals surface area contributed by atoms with Gasteiger partial charge in [0, 0.05) is 11.8 Å². The lowest BCUT2D eigenvalue weighted by Gasteiger charge is -2.08. The fourth-order valence-electron chi connectivity index (χ4n) is 2.38. The Balaban J connectivity index is 2.08. The molecule has 1 amide bonds. The molecule has 0 fully saturated rings.